The monoisotopic (exact) mass is 292 g/mol. The molecule has 4 unspecified atom stereocenters. The molecule has 0 amide bonds. The minimum Gasteiger partial charge on any atom is -0.312 e. The lowest BCUT2D eigenvalue weighted by Crippen LogP contribution is -2.62. The summed E-state index contributed by atoms with van der Waals surface area (Å²) in [5.41, 5.74) is 0.462. The van der Waals surface area contributed by atoms with Crippen molar-refractivity contribution in [2.75, 3.05) is 13.1 Å². The predicted molar refractivity (Wildman–Crippen MR) is 90.6 cm³/mol. The highest BCUT2D eigenvalue weighted by atomic mass is 15.2. The standard InChI is InChI=1S/C19H36N2/c1-4-13-20-18-17(11-6-12-19(18,2)3)21-14-7-9-15-8-5-10-16(15)21/h15-18,20H,4-14H2,1-3H3. The molecule has 0 bridgehead atoms. The molecule has 0 aromatic heterocycles. The average molecular weight is 293 g/mol. The predicted octanol–water partition coefficient (Wildman–Crippen LogP) is 4.20. The van der Waals surface area contributed by atoms with Crippen molar-refractivity contribution in [1.29, 1.82) is 0 Å². The van der Waals surface area contributed by atoms with Crippen LogP contribution in [-0.2, 0) is 0 Å². The lowest BCUT2D eigenvalue weighted by molar-refractivity contribution is -0.00544. The normalized spacial score (nSPS) is 40.1. The molecule has 1 aliphatic heterocycles. The van der Waals surface area contributed by atoms with Gasteiger partial charge in [0.25, 0.3) is 0 Å². The van der Waals surface area contributed by atoms with E-state index in [0.29, 0.717) is 11.5 Å². The first kappa shape index (κ1) is 15.8. The van der Waals surface area contributed by atoms with Crippen molar-refractivity contribution in [3.8, 4) is 0 Å². The average Bonchev–Trinajstić information content (AvgIpc) is 2.93. The molecule has 1 heterocycles. The molecule has 2 aliphatic carbocycles. The largest absolute Gasteiger partial charge is 0.312 e. The number of likely N-dealkylation sites (tertiary alicyclic amines) is 1. The minimum absolute atomic E-state index is 0.462. The molecule has 1 saturated heterocycles. The molecule has 0 aromatic carbocycles. The number of piperidine rings is 1. The van der Waals surface area contributed by atoms with Crippen LogP contribution >= 0.6 is 0 Å². The zero-order valence-corrected chi connectivity index (χ0v) is 14.5. The van der Waals surface area contributed by atoms with Gasteiger partial charge in [0.1, 0.15) is 0 Å². The summed E-state index contributed by atoms with van der Waals surface area (Å²) in [5, 5.41) is 3.95. The van der Waals surface area contributed by atoms with Gasteiger partial charge in [-0.1, -0.05) is 33.6 Å². The molecule has 122 valence electrons. The van der Waals surface area contributed by atoms with Gasteiger partial charge in [-0.25, -0.2) is 0 Å². The third kappa shape index (κ3) is 3.17. The molecule has 3 rings (SSSR count). The van der Waals surface area contributed by atoms with Crippen molar-refractivity contribution >= 4 is 0 Å². The van der Waals surface area contributed by atoms with Crippen LogP contribution in [0.4, 0.5) is 0 Å². The topological polar surface area (TPSA) is 15.3 Å². The van der Waals surface area contributed by atoms with E-state index in [1.807, 2.05) is 0 Å². The van der Waals surface area contributed by atoms with Crippen molar-refractivity contribution in [2.24, 2.45) is 11.3 Å². The van der Waals surface area contributed by atoms with Gasteiger partial charge in [0, 0.05) is 18.1 Å². The zero-order valence-electron chi connectivity index (χ0n) is 14.5. The zero-order chi connectivity index (χ0) is 14.9. The first-order valence-electron chi connectivity index (χ1n) is 9.62. The van der Waals surface area contributed by atoms with Gasteiger partial charge in [-0.3, -0.25) is 4.90 Å². The summed E-state index contributed by atoms with van der Waals surface area (Å²) < 4.78 is 0. The van der Waals surface area contributed by atoms with E-state index in [1.165, 1.54) is 70.9 Å². The Morgan fingerprint density at radius 3 is 2.57 bits per heavy atom. The summed E-state index contributed by atoms with van der Waals surface area (Å²) in [5.74, 6) is 1.02. The number of hydrogen-bond donors (Lipinski definition) is 1. The second kappa shape index (κ2) is 6.58. The fourth-order valence-electron chi connectivity index (χ4n) is 5.58. The van der Waals surface area contributed by atoms with E-state index < -0.39 is 0 Å². The second-order valence-corrected chi connectivity index (χ2v) is 8.52. The molecule has 4 atom stereocenters. The van der Waals surface area contributed by atoms with Crippen LogP contribution in [-0.4, -0.2) is 36.1 Å². The highest BCUT2D eigenvalue weighted by molar-refractivity contribution is 5.02. The third-order valence-corrected chi connectivity index (χ3v) is 6.62. The molecule has 1 N–H and O–H groups in total. The summed E-state index contributed by atoms with van der Waals surface area (Å²) in [7, 11) is 0. The van der Waals surface area contributed by atoms with E-state index in [2.05, 4.69) is 31.0 Å². The van der Waals surface area contributed by atoms with Crippen LogP contribution in [0.3, 0.4) is 0 Å². The Kier molecular flexibility index (Phi) is 4.95. The van der Waals surface area contributed by atoms with Crippen molar-refractivity contribution in [1.82, 2.24) is 10.2 Å². The summed E-state index contributed by atoms with van der Waals surface area (Å²) in [6.45, 7) is 9.86. The van der Waals surface area contributed by atoms with Gasteiger partial charge >= 0.3 is 0 Å². The van der Waals surface area contributed by atoms with Gasteiger partial charge in [-0.2, -0.15) is 0 Å². The lowest BCUT2D eigenvalue weighted by Gasteiger charge is -2.52. The summed E-state index contributed by atoms with van der Waals surface area (Å²) >= 11 is 0. The van der Waals surface area contributed by atoms with Crippen LogP contribution in [0, 0.1) is 11.3 Å². The second-order valence-electron chi connectivity index (χ2n) is 8.52. The Hall–Kier alpha value is -0.0800. The lowest BCUT2D eigenvalue weighted by atomic mass is 9.69. The fraction of sp³-hybridized carbons (Fsp3) is 1.00. The van der Waals surface area contributed by atoms with Crippen LogP contribution in [0.25, 0.3) is 0 Å². The summed E-state index contributed by atoms with van der Waals surface area (Å²) in [6.07, 6.45) is 12.9. The van der Waals surface area contributed by atoms with Crippen molar-refractivity contribution < 1.29 is 0 Å². The smallest absolute Gasteiger partial charge is 0.0274 e. The molecule has 21 heavy (non-hydrogen) atoms. The van der Waals surface area contributed by atoms with Crippen molar-refractivity contribution in [3.05, 3.63) is 0 Å². The minimum atomic E-state index is 0.462. The summed E-state index contributed by atoms with van der Waals surface area (Å²) in [4.78, 5) is 2.97. The first-order valence-corrected chi connectivity index (χ1v) is 9.62. The highest BCUT2D eigenvalue weighted by Gasteiger charge is 2.45. The molecule has 3 aliphatic rings. The van der Waals surface area contributed by atoms with Crippen LogP contribution < -0.4 is 5.32 Å². The Labute approximate surface area is 132 Å². The first-order chi connectivity index (χ1) is 10.1. The maximum absolute atomic E-state index is 3.95. The van der Waals surface area contributed by atoms with E-state index in [0.717, 1.165) is 18.0 Å². The molecule has 0 spiro atoms. The van der Waals surface area contributed by atoms with E-state index >= 15 is 0 Å². The van der Waals surface area contributed by atoms with Gasteiger partial charge in [0.2, 0.25) is 0 Å². The molecule has 0 radical (unpaired) electrons. The number of fused-ring (bicyclic) bond motifs is 1. The maximum atomic E-state index is 3.95. The molecule has 2 heteroatoms. The Bertz CT molecular complexity index is 338. The Morgan fingerprint density at radius 1 is 1.00 bits per heavy atom. The van der Waals surface area contributed by atoms with Crippen molar-refractivity contribution in [3.63, 3.8) is 0 Å². The van der Waals surface area contributed by atoms with Crippen LogP contribution in [0.2, 0.25) is 0 Å². The molecular formula is C19H36N2. The number of nitrogens with one attached hydrogen (secondary N) is 1. The maximum Gasteiger partial charge on any atom is 0.0274 e. The third-order valence-electron chi connectivity index (χ3n) is 6.62. The highest BCUT2D eigenvalue weighted by Crippen LogP contribution is 2.43. The Morgan fingerprint density at radius 2 is 1.76 bits per heavy atom. The van der Waals surface area contributed by atoms with Gasteiger partial charge in [-0.15, -0.1) is 0 Å². The van der Waals surface area contributed by atoms with E-state index in [9.17, 15) is 0 Å². The molecule has 2 saturated carbocycles. The van der Waals surface area contributed by atoms with E-state index in [1.54, 1.807) is 0 Å². The fourth-order valence-corrected chi connectivity index (χ4v) is 5.58. The quantitative estimate of drug-likeness (QED) is 0.835. The van der Waals surface area contributed by atoms with E-state index in [-0.39, 0.29) is 0 Å². The van der Waals surface area contributed by atoms with Crippen LogP contribution in [0.15, 0.2) is 0 Å². The van der Waals surface area contributed by atoms with E-state index in [4.69, 9.17) is 0 Å². The van der Waals surface area contributed by atoms with Gasteiger partial charge in [-0.05, 0) is 69.4 Å². The number of rotatable bonds is 4. The van der Waals surface area contributed by atoms with Crippen LogP contribution in [0.5, 0.6) is 0 Å². The molecule has 2 nitrogen and oxygen atoms in total. The number of hydrogen-bond acceptors (Lipinski definition) is 2. The van der Waals surface area contributed by atoms with Gasteiger partial charge in [0.15, 0.2) is 0 Å². The van der Waals surface area contributed by atoms with Gasteiger partial charge < -0.3 is 5.32 Å². The van der Waals surface area contributed by atoms with Crippen molar-refractivity contribution in [2.45, 2.75) is 96.7 Å². The SMILES string of the molecule is CCCNC1C(N2CCCC3CCCC32)CCCC1(C)C. The van der Waals surface area contributed by atoms with Gasteiger partial charge in [0.05, 0.1) is 0 Å². The number of nitrogens with zero attached hydrogens (tertiary/aromatic N) is 1. The summed E-state index contributed by atoms with van der Waals surface area (Å²) in [6, 6.07) is 2.42. The molecule has 3 fully saturated rings. The Balaban J connectivity index is 1.76. The van der Waals surface area contributed by atoms with Crippen LogP contribution in [0.1, 0.15) is 78.6 Å². The molecular weight excluding hydrogens is 256 g/mol. The molecule has 0 aromatic rings.